The maximum absolute atomic E-state index is 13.1. The predicted octanol–water partition coefficient (Wildman–Crippen LogP) is 4.40. The van der Waals surface area contributed by atoms with Crippen molar-refractivity contribution in [1.82, 2.24) is 4.98 Å². The summed E-state index contributed by atoms with van der Waals surface area (Å²) in [7, 11) is -1.29. The molecule has 1 heterocycles. The summed E-state index contributed by atoms with van der Waals surface area (Å²) in [6.45, 7) is 3.91. The largest absolute Gasteiger partial charge is 0.495 e. The molecule has 152 valence electrons. The van der Waals surface area contributed by atoms with Crippen LogP contribution in [0, 0.1) is 25.7 Å². The quantitative estimate of drug-likeness (QED) is 0.591. The number of para-hydroxylation sites is 1. The maximum atomic E-state index is 13.1. The van der Waals surface area contributed by atoms with Crippen molar-refractivity contribution in [2.45, 2.75) is 18.7 Å². The van der Waals surface area contributed by atoms with Gasteiger partial charge in [-0.15, -0.1) is 0 Å². The zero-order valence-corrected chi connectivity index (χ0v) is 18.1. The van der Waals surface area contributed by atoms with Crippen LogP contribution in [0.5, 0.6) is 5.75 Å². The summed E-state index contributed by atoms with van der Waals surface area (Å²) >= 11 is 0. The van der Waals surface area contributed by atoms with Gasteiger partial charge in [-0.05, 0) is 55.3 Å². The van der Waals surface area contributed by atoms with E-state index in [1.54, 1.807) is 25.4 Å². The lowest BCUT2D eigenvalue weighted by Crippen LogP contribution is -2.05. The molecule has 2 aromatic carbocycles. The number of rotatable bonds is 3. The third kappa shape index (κ3) is 4.94. The smallest absolute Gasteiger partial charge is 0.286 e. The van der Waals surface area contributed by atoms with Gasteiger partial charge in [0.15, 0.2) is 0 Å². The number of pyridine rings is 1. The molecule has 3 aromatic rings. The predicted molar refractivity (Wildman–Crippen MR) is 118 cm³/mol. The summed E-state index contributed by atoms with van der Waals surface area (Å²) < 4.78 is 22.3. The Bertz CT molecular complexity index is 1290. The molecule has 1 unspecified atom stereocenters. The Balaban J connectivity index is 1.91. The minimum absolute atomic E-state index is 0.236. The molecule has 0 saturated carbocycles. The van der Waals surface area contributed by atoms with Crippen LogP contribution in [0.15, 0.2) is 70.2 Å². The highest BCUT2D eigenvalue weighted by atomic mass is 32.2. The van der Waals surface area contributed by atoms with Crippen molar-refractivity contribution in [2.75, 3.05) is 13.4 Å². The van der Waals surface area contributed by atoms with Crippen molar-refractivity contribution >= 4 is 15.6 Å². The first-order valence-electron chi connectivity index (χ1n) is 9.24. The van der Waals surface area contributed by atoms with Gasteiger partial charge >= 0.3 is 0 Å². The van der Waals surface area contributed by atoms with Crippen molar-refractivity contribution in [3.05, 3.63) is 88.7 Å². The molecule has 0 aliphatic carbocycles. The van der Waals surface area contributed by atoms with Gasteiger partial charge in [0.2, 0.25) is 0 Å². The first kappa shape index (κ1) is 21.3. The monoisotopic (exact) mass is 418 g/mol. The van der Waals surface area contributed by atoms with Crippen LogP contribution in [-0.2, 0) is 9.73 Å². The summed E-state index contributed by atoms with van der Waals surface area (Å²) in [5.74, 6) is 6.08. The van der Waals surface area contributed by atoms with E-state index in [9.17, 15) is 9.00 Å². The fraction of sp³-hybridized carbons (Fsp3) is 0.167. The van der Waals surface area contributed by atoms with Gasteiger partial charge in [0, 0.05) is 29.1 Å². The Morgan fingerprint density at radius 3 is 2.53 bits per heavy atom. The fourth-order valence-electron chi connectivity index (χ4n) is 2.73. The van der Waals surface area contributed by atoms with Crippen molar-refractivity contribution in [2.24, 2.45) is 4.36 Å². The van der Waals surface area contributed by atoms with Gasteiger partial charge in [-0.25, -0.2) is 4.21 Å². The molecule has 1 aromatic heterocycles. The van der Waals surface area contributed by atoms with Gasteiger partial charge in [-0.3, -0.25) is 9.78 Å². The highest BCUT2D eigenvalue weighted by Crippen LogP contribution is 2.18. The van der Waals surface area contributed by atoms with E-state index in [1.807, 2.05) is 50.2 Å². The Kier molecular flexibility index (Phi) is 6.34. The van der Waals surface area contributed by atoms with E-state index in [2.05, 4.69) is 21.2 Å². The Morgan fingerprint density at radius 1 is 1.03 bits per heavy atom. The minimum Gasteiger partial charge on any atom is -0.495 e. The van der Waals surface area contributed by atoms with Gasteiger partial charge in [-0.2, -0.15) is 4.36 Å². The number of carbonyl (C=O) groups is 1. The van der Waals surface area contributed by atoms with E-state index < -0.39 is 15.6 Å². The van der Waals surface area contributed by atoms with Crippen LogP contribution in [0.4, 0.5) is 0 Å². The normalized spacial score (nSPS) is 12.3. The van der Waals surface area contributed by atoms with Crippen molar-refractivity contribution in [3.63, 3.8) is 0 Å². The zero-order chi connectivity index (χ0) is 21.7. The van der Waals surface area contributed by atoms with Crippen LogP contribution in [0.2, 0.25) is 0 Å². The van der Waals surface area contributed by atoms with Gasteiger partial charge < -0.3 is 4.74 Å². The number of aromatic nitrogens is 1. The third-order valence-corrected chi connectivity index (χ3v) is 6.25. The Morgan fingerprint density at radius 2 is 1.80 bits per heavy atom. The third-order valence-electron chi connectivity index (χ3n) is 4.61. The van der Waals surface area contributed by atoms with Crippen LogP contribution >= 0.6 is 0 Å². The van der Waals surface area contributed by atoms with E-state index in [0.717, 1.165) is 16.7 Å². The molecule has 1 atom stereocenters. The number of nitrogens with zero attached hydrogens (tertiary/aromatic N) is 2. The number of hydrogen-bond acceptors (Lipinski definition) is 4. The first-order valence-corrected chi connectivity index (χ1v) is 11.2. The van der Waals surface area contributed by atoms with Gasteiger partial charge in [0.05, 0.1) is 28.0 Å². The summed E-state index contributed by atoms with van der Waals surface area (Å²) in [5, 5.41) is 0. The molecule has 0 saturated heterocycles. The molecular formula is C24H22N2O3S. The number of carbonyl (C=O) groups excluding carboxylic acids is 1. The molecule has 1 amide bonds. The fourth-order valence-corrected chi connectivity index (χ4v) is 3.97. The summed E-state index contributed by atoms with van der Waals surface area (Å²) in [6.07, 6.45) is 4.43. The number of aryl methyl sites for hydroxylation is 2. The molecule has 0 spiro atoms. The molecule has 0 N–H and O–H groups in total. The first-order chi connectivity index (χ1) is 14.3. The Labute approximate surface area is 177 Å². The minimum atomic E-state index is -2.88. The average Bonchev–Trinajstić information content (AvgIpc) is 2.74. The van der Waals surface area contributed by atoms with Crippen molar-refractivity contribution < 1.29 is 13.7 Å². The summed E-state index contributed by atoms with van der Waals surface area (Å²) in [5.41, 5.74) is 3.61. The van der Waals surface area contributed by atoms with Crippen molar-refractivity contribution in [1.29, 1.82) is 0 Å². The highest BCUT2D eigenvalue weighted by Gasteiger charge is 2.13. The van der Waals surface area contributed by atoms with Crippen molar-refractivity contribution in [3.8, 4) is 17.6 Å². The summed E-state index contributed by atoms with van der Waals surface area (Å²) in [4.78, 5) is 17.3. The average molecular weight is 419 g/mol. The lowest BCUT2D eigenvalue weighted by atomic mass is 10.1. The molecule has 0 radical (unpaired) electrons. The molecule has 0 aliphatic heterocycles. The molecule has 0 aliphatic rings. The number of amides is 1. The van der Waals surface area contributed by atoms with Crippen LogP contribution < -0.4 is 4.74 Å². The second-order valence-corrected chi connectivity index (χ2v) is 9.12. The standard InChI is InChI=1S/C24H22N2O3S/c1-17-9-12-22(13-18(17)2)30(4,28)26-24(27)21-14-19(15-25-16-21)10-11-20-7-5-6-8-23(20)29-3/h5-9,12-16H,1-4H3. The Hall–Kier alpha value is -3.43. The van der Waals surface area contributed by atoms with Crippen LogP contribution in [-0.4, -0.2) is 28.5 Å². The number of methoxy groups -OCH3 is 1. The highest BCUT2D eigenvalue weighted by molar-refractivity contribution is 7.93. The van der Waals surface area contributed by atoms with Crippen LogP contribution in [0.25, 0.3) is 0 Å². The molecule has 0 bridgehead atoms. The second-order valence-electron chi connectivity index (χ2n) is 6.86. The molecular weight excluding hydrogens is 396 g/mol. The number of hydrogen-bond donors (Lipinski definition) is 0. The molecule has 30 heavy (non-hydrogen) atoms. The van der Waals surface area contributed by atoms with E-state index in [-0.39, 0.29) is 5.56 Å². The van der Waals surface area contributed by atoms with E-state index in [4.69, 9.17) is 4.74 Å². The molecule has 3 rings (SSSR count). The summed E-state index contributed by atoms with van der Waals surface area (Å²) in [6, 6.07) is 14.4. The van der Waals surface area contributed by atoms with Gasteiger partial charge in [-0.1, -0.05) is 30.0 Å². The molecule has 6 heteroatoms. The zero-order valence-electron chi connectivity index (χ0n) is 17.3. The second kappa shape index (κ2) is 8.93. The van der Waals surface area contributed by atoms with E-state index >= 15 is 0 Å². The van der Waals surface area contributed by atoms with Crippen LogP contribution in [0.1, 0.15) is 32.6 Å². The van der Waals surface area contributed by atoms with Gasteiger partial charge in [0.25, 0.3) is 5.91 Å². The maximum Gasteiger partial charge on any atom is 0.286 e. The van der Waals surface area contributed by atoms with E-state index in [0.29, 0.717) is 16.2 Å². The lowest BCUT2D eigenvalue weighted by molar-refractivity contribution is 0.100. The molecule has 0 fully saturated rings. The molecule has 5 nitrogen and oxygen atoms in total. The van der Waals surface area contributed by atoms with E-state index in [1.165, 1.54) is 12.5 Å². The topological polar surface area (TPSA) is 68.6 Å². The number of ether oxygens (including phenoxy) is 1. The number of benzene rings is 2. The van der Waals surface area contributed by atoms with Crippen LogP contribution in [0.3, 0.4) is 0 Å². The SMILES string of the molecule is COc1ccccc1C#Cc1cncc(C(=O)N=S(C)(=O)c2ccc(C)c(C)c2)c1. The van der Waals surface area contributed by atoms with Gasteiger partial charge in [0.1, 0.15) is 5.75 Å². The lowest BCUT2D eigenvalue weighted by Gasteiger charge is -2.07.